The molecule has 1 aliphatic carbocycles. The average Bonchev–Trinajstić information content (AvgIpc) is 3.53. The molecule has 1 fully saturated rings. The van der Waals surface area contributed by atoms with Crippen molar-refractivity contribution in [2.75, 3.05) is 24.3 Å². The summed E-state index contributed by atoms with van der Waals surface area (Å²) in [7, 11) is 3.42. The zero-order valence-corrected chi connectivity index (χ0v) is 16.6. The number of nitrogens with zero attached hydrogens (tertiary/aromatic N) is 2. The predicted octanol–water partition coefficient (Wildman–Crippen LogP) is 3.50. The number of carbonyl (C=O) groups excluding carboxylic acids is 2. The van der Waals surface area contributed by atoms with Crippen molar-refractivity contribution in [3.05, 3.63) is 63.7 Å². The molecule has 0 saturated heterocycles. The standard InChI is InChI=1S/C21H24N4O4/c1-13(14-6-9-17(10-7-14)23-20(26)15-4-5-15)22-21(27)16-8-11-18(24(2)3)19(12-16)25(28)29/h6-13,15H,4-5H2,1-3H3,(H,22,27)(H,23,26). The van der Waals surface area contributed by atoms with Crippen molar-refractivity contribution in [1.82, 2.24) is 5.32 Å². The van der Waals surface area contributed by atoms with E-state index in [9.17, 15) is 19.7 Å². The molecule has 0 spiro atoms. The Kier molecular flexibility index (Phi) is 5.81. The molecular formula is C21H24N4O4. The molecule has 1 aliphatic rings. The summed E-state index contributed by atoms with van der Waals surface area (Å²) in [6.07, 6.45) is 1.89. The lowest BCUT2D eigenvalue weighted by atomic mass is 10.1. The van der Waals surface area contributed by atoms with E-state index >= 15 is 0 Å². The quantitative estimate of drug-likeness (QED) is 0.551. The summed E-state index contributed by atoms with van der Waals surface area (Å²) in [6.45, 7) is 1.83. The molecule has 2 aromatic rings. The van der Waals surface area contributed by atoms with Crippen LogP contribution in [0.4, 0.5) is 17.1 Å². The van der Waals surface area contributed by atoms with Gasteiger partial charge in [-0.3, -0.25) is 19.7 Å². The molecule has 8 nitrogen and oxygen atoms in total. The van der Waals surface area contributed by atoms with E-state index in [2.05, 4.69) is 10.6 Å². The second-order valence-electron chi connectivity index (χ2n) is 7.44. The maximum Gasteiger partial charge on any atom is 0.293 e. The summed E-state index contributed by atoms with van der Waals surface area (Å²) < 4.78 is 0. The topological polar surface area (TPSA) is 105 Å². The Morgan fingerprint density at radius 2 is 1.79 bits per heavy atom. The normalized spacial score (nSPS) is 14.0. The molecule has 3 rings (SSSR count). The number of carbonyl (C=O) groups is 2. The van der Waals surface area contributed by atoms with Gasteiger partial charge < -0.3 is 15.5 Å². The molecule has 0 aromatic heterocycles. The zero-order valence-electron chi connectivity index (χ0n) is 16.6. The highest BCUT2D eigenvalue weighted by Gasteiger charge is 2.29. The van der Waals surface area contributed by atoms with Crippen molar-refractivity contribution in [2.45, 2.75) is 25.8 Å². The third-order valence-electron chi connectivity index (χ3n) is 4.89. The molecule has 2 amide bonds. The number of benzene rings is 2. The van der Waals surface area contributed by atoms with Crippen LogP contribution in [0.5, 0.6) is 0 Å². The van der Waals surface area contributed by atoms with E-state index in [1.807, 2.05) is 19.1 Å². The number of hydrogen-bond donors (Lipinski definition) is 2. The van der Waals surface area contributed by atoms with Gasteiger partial charge in [0.2, 0.25) is 5.91 Å². The SMILES string of the molecule is CC(NC(=O)c1ccc(N(C)C)c([N+](=O)[O-])c1)c1ccc(NC(=O)C2CC2)cc1. The Labute approximate surface area is 169 Å². The van der Waals surface area contributed by atoms with E-state index in [-0.39, 0.29) is 29.1 Å². The van der Waals surface area contributed by atoms with E-state index in [1.165, 1.54) is 6.07 Å². The molecule has 0 bridgehead atoms. The van der Waals surface area contributed by atoms with Crippen molar-refractivity contribution < 1.29 is 14.5 Å². The molecule has 152 valence electrons. The fourth-order valence-corrected chi connectivity index (χ4v) is 3.00. The highest BCUT2D eigenvalue weighted by molar-refractivity contribution is 5.96. The zero-order chi connectivity index (χ0) is 21.1. The van der Waals surface area contributed by atoms with Gasteiger partial charge in [-0.15, -0.1) is 0 Å². The first-order valence-corrected chi connectivity index (χ1v) is 9.43. The number of hydrogen-bond acceptors (Lipinski definition) is 5. The summed E-state index contributed by atoms with van der Waals surface area (Å²) in [5, 5.41) is 17.0. The van der Waals surface area contributed by atoms with Crippen molar-refractivity contribution in [2.24, 2.45) is 5.92 Å². The van der Waals surface area contributed by atoms with Crippen LogP contribution in [0.2, 0.25) is 0 Å². The third kappa shape index (κ3) is 4.90. The first kappa shape index (κ1) is 20.3. The Balaban J connectivity index is 1.67. The van der Waals surface area contributed by atoms with Crippen LogP contribution in [0.15, 0.2) is 42.5 Å². The van der Waals surface area contributed by atoms with Crippen molar-refractivity contribution >= 4 is 28.9 Å². The highest BCUT2D eigenvalue weighted by atomic mass is 16.6. The minimum atomic E-state index is -0.496. The van der Waals surface area contributed by atoms with Gasteiger partial charge >= 0.3 is 0 Å². The highest BCUT2D eigenvalue weighted by Crippen LogP contribution is 2.30. The minimum Gasteiger partial charge on any atom is -0.372 e. The van der Waals surface area contributed by atoms with Gasteiger partial charge in [0, 0.05) is 37.3 Å². The fraction of sp³-hybridized carbons (Fsp3) is 0.333. The van der Waals surface area contributed by atoms with Gasteiger partial charge in [-0.1, -0.05) is 12.1 Å². The van der Waals surface area contributed by atoms with Gasteiger partial charge in [-0.2, -0.15) is 0 Å². The molecular weight excluding hydrogens is 372 g/mol. The second kappa shape index (κ2) is 8.30. The van der Waals surface area contributed by atoms with Gasteiger partial charge in [0.15, 0.2) is 0 Å². The lowest BCUT2D eigenvalue weighted by molar-refractivity contribution is -0.384. The predicted molar refractivity (Wildman–Crippen MR) is 111 cm³/mol. The Bertz CT molecular complexity index is 936. The number of anilines is 2. The van der Waals surface area contributed by atoms with Crippen LogP contribution in [0, 0.1) is 16.0 Å². The summed E-state index contributed by atoms with van der Waals surface area (Å²) in [6, 6.07) is 11.4. The summed E-state index contributed by atoms with van der Waals surface area (Å²) in [5.74, 6) is -0.213. The number of nitrogens with one attached hydrogen (secondary N) is 2. The summed E-state index contributed by atoms with van der Waals surface area (Å²) in [4.78, 5) is 36.8. The molecule has 0 radical (unpaired) electrons. The molecule has 29 heavy (non-hydrogen) atoms. The Morgan fingerprint density at radius 3 is 2.34 bits per heavy atom. The number of nitro benzene ring substituents is 1. The maximum atomic E-state index is 12.6. The van der Waals surface area contributed by atoms with Gasteiger partial charge in [-0.25, -0.2) is 0 Å². The Morgan fingerprint density at radius 1 is 1.14 bits per heavy atom. The van der Waals surface area contributed by atoms with E-state index in [4.69, 9.17) is 0 Å². The lowest BCUT2D eigenvalue weighted by Gasteiger charge is -2.16. The average molecular weight is 396 g/mol. The van der Waals surface area contributed by atoms with Crippen molar-refractivity contribution in [3.63, 3.8) is 0 Å². The number of nitro groups is 1. The molecule has 2 N–H and O–H groups in total. The van der Waals surface area contributed by atoms with Crippen molar-refractivity contribution in [1.29, 1.82) is 0 Å². The van der Waals surface area contributed by atoms with E-state index in [1.54, 1.807) is 43.3 Å². The molecule has 8 heteroatoms. The number of rotatable bonds is 7. The third-order valence-corrected chi connectivity index (χ3v) is 4.89. The smallest absolute Gasteiger partial charge is 0.293 e. The van der Waals surface area contributed by atoms with Gasteiger partial charge in [0.05, 0.1) is 11.0 Å². The van der Waals surface area contributed by atoms with E-state index in [0.29, 0.717) is 5.69 Å². The van der Waals surface area contributed by atoms with Crippen LogP contribution in [0.1, 0.15) is 41.7 Å². The summed E-state index contributed by atoms with van der Waals surface area (Å²) >= 11 is 0. The minimum absolute atomic E-state index is 0.0434. The van der Waals surface area contributed by atoms with Crippen LogP contribution >= 0.6 is 0 Å². The van der Waals surface area contributed by atoms with Crippen LogP contribution in [0.25, 0.3) is 0 Å². The lowest BCUT2D eigenvalue weighted by Crippen LogP contribution is -2.27. The van der Waals surface area contributed by atoms with E-state index in [0.717, 1.165) is 24.1 Å². The molecule has 1 unspecified atom stereocenters. The Hall–Kier alpha value is -3.42. The maximum absolute atomic E-state index is 12.6. The molecule has 1 saturated carbocycles. The van der Waals surface area contributed by atoms with Crippen LogP contribution < -0.4 is 15.5 Å². The van der Waals surface area contributed by atoms with Gasteiger partial charge in [0.25, 0.3) is 11.6 Å². The monoisotopic (exact) mass is 396 g/mol. The first-order chi connectivity index (χ1) is 13.8. The van der Waals surface area contributed by atoms with E-state index < -0.39 is 10.8 Å². The van der Waals surface area contributed by atoms with Gasteiger partial charge in [0.1, 0.15) is 5.69 Å². The van der Waals surface area contributed by atoms with Crippen LogP contribution in [0.3, 0.4) is 0 Å². The first-order valence-electron chi connectivity index (χ1n) is 9.43. The largest absolute Gasteiger partial charge is 0.372 e. The molecule has 1 atom stereocenters. The van der Waals surface area contributed by atoms with Crippen molar-refractivity contribution in [3.8, 4) is 0 Å². The van der Waals surface area contributed by atoms with Crippen LogP contribution in [-0.2, 0) is 4.79 Å². The molecule has 2 aromatic carbocycles. The fourth-order valence-electron chi connectivity index (χ4n) is 3.00. The van der Waals surface area contributed by atoms with Gasteiger partial charge in [-0.05, 0) is 49.6 Å². The molecule has 0 heterocycles. The molecule has 0 aliphatic heterocycles. The van der Waals surface area contributed by atoms with Crippen LogP contribution in [-0.4, -0.2) is 30.8 Å². The number of amides is 2. The summed E-state index contributed by atoms with van der Waals surface area (Å²) in [5.41, 5.74) is 2.12. The second-order valence-corrected chi connectivity index (χ2v) is 7.44.